The van der Waals surface area contributed by atoms with Crippen LogP contribution in [0.4, 0.5) is 18.9 Å². The minimum atomic E-state index is -4.52. The van der Waals surface area contributed by atoms with Gasteiger partial charge in [-0.3, -0.25) is 9.59 Å². The molecule has 0 aromatic heterocycles. The normalized spacial score (nSPS) is 18.0. The third-order valence-electron chi connectivity index (χ3n) is 7.85. The third-order valence-corrected chi connectivity index (χ3v) is 7.85. The number of terminal acetylenes is 1. The van der Waals surface area contributed by atoms with Gasteiger partial charge in [-0.2, -0.15) is 13.2 Å². The van der Waals surface area contributed by atoms with Gasteiger partial charge in [0.05, 0.1) is 11.5 Å². The van der Waals surface area contributed by atoms with Crippen LogP contribution in [0.25, 0.3) is 0 Å². The molecule has 202 valence electrons. The summed E-state index contributed by atoms with van der Waals surface area (Å²) in [7, 11) is 0. The van der Waals surface area contributed by atoms with Gasteiger partial charge in [0, 0.05) is 37.2 Å². The fourth-order valence-electron chi connectivity index (χ4n) is 5.80. The van der Waals surface area contributed by atoms with Gasteiger partial charge in [0.2, 0.25) is 11.7 Å². The minimum Gasteiger partial charge on any atom is -0.372 e. The van der Waals surface area contributed by atoms with E-state index in [1.54, 1.807) is 6.07 Å². The molecule has 1 saturated heterocycles. The van der Waals surface area contributed by atoms with E-state index >= 15 is 0 Å². The Kier molecular flexibility index (Phi) is 9.14. The van der Waals surface area contributed by atoms with E-state index in [1.165, 1.54) is 6.07 Å². The second-order valence-corrected chi connectivity index (χ2v) is 10.4. The van der Waals surface area contributed by atoms with E-state index in [0.29, 0.717) is 5.56 Å². The molecule has 38 heavy (non-hydrogen) atoms. The predicted molar refractivity (Wildman–Crippen MR) is 143 cm³/mol. The molecule has 0 bridgehead atoms. The van der Waals surface area contributed by atoms with Crippen molar-refractivity contribution < 1.29 is 22.8 Å². The van der Waals surface area contributed by atoms with E-state index in [0.717, 1.165) is 81.4 Å². The van der Waals surface area contributed by atoms with Gasteiger partial charge in [0.15, 0.2) is 0 Å². The lowest BCUT2D eigenvalue weighted by molar-refractivity contribution is -0.137. The lowest BCUT2D eigenvalue weighted by Crippen LogP contribution is -2.41. The van der Waals surface area contributed by atoms with E-state index < -0.39 is 29.4 Å². The number of alkyl halides is 3. The Morgan fingerprint density at radius 2 is 1.66 bits per heavy atom. The van der Waals surface area contributed by atoms with Gasteiger partial charge in [0.1, 0.15) is 0 Å². The highest BCUT2D eigenvalue weighted by Gasteiger charge is 2.36. The van der Waals surface area contributed by atoms with Gasteiger partial charge < -0.3 is 10.2 Å². The van der Waals surface area contributed by atoms with Crippen LogP contribution >= 0.6 is 0 Å². The summed E-state index contributed by atoms with van der Waals surface area (Å²) >= 11 is 0. The average molecular weight is 525 g/mol. The summed E-state index contributed by atoms with van der Waals surface area (Å²) in [5.74, 6) is 0.0194. The molecule has 4 nitrogen and oxygen atoms in total. The number of ketones is 1. The molecular weight excluding hydrogens is 489 g/mol. The molecule has 2 aromatic carbocycles. The maximum absolute atomic E-state index is 13.9. The first-order valence-electron chi connectivity index (χ1n) is 13.6. The Morgan fingerprint density at radius 3 is 2.29 bits per heavy atom. The van der Waals surface area contributed by atoms with Gasteiger partial charge >= 0.3 is 6.18 Å². The molecule has 1 amide bonds. The number of hydrogen-bond donors (Lipinski definition) is 1. The molecule has 2 aliphatic rings. The van der Waals surface area contributed by atoms with E-state index in [1.807, 2.05) is 24.3 Å². The van der Waals surface area contributed by atoms with Gasteiger partial charge in [-0.05, 0) is 67.4 Å². The molecule has 1 saturated carbocycles. The molecule has 1 heterocycles. The number of halogens is 3. The highest BCUT2D eigenvalue weighted by Crippen LogP contribution is 2.40. The van der Waals surface area contributed by atoms with Crippen molar-refractivity contribution in [2.24, 2.45) is 0 Å². The first-order valence-corrected chi connectivity index (χ1v) is 13.6. The molecule has 0 radical (unpaired) electrons. The van der Waals surface area contributed by atoms with Crippen molar-refractivity contribution in [1.29, 1.82) is 0 Å². The molecule has 1 aliphatic carbocycles. The Balaban J connectivity index is 1.73. The SMILES string of the molecule is C#CC(=O)CCC(c1cccc(C(F)(F)F)c1)C(C(=O)NC1CCCCC1)c1ccc(N2CCCC2)cc1. The zero-order valence-electron chi connectivity index (χ0n) is 21.6. The van der Waals surface area contributed by atoms with Crippen LogP contribution < -0.4 is 10.2 Å². The smallest absolute Gasteiger partial charge is 0.372 e. The summed E-state index contributed by atoms with van der Waals surface area (Å²) in [6.07, 6.45) is 8.16. The Bertz CT molecular complexity index is 1140. The van der Waals surface area contributed by atoms with Crippen LogP contribution in [0.2, 0.25) is 0 Å². The molecular formula is C31H35F3N2O2. The maximum Gasteiger partial charge on any atom is 0.416 e. The highest BCUT2D eigenvalue weighted by molar-refractivity contribution is 5.95. The lowest BCUT2D eigenvalue weighted by atomic mass is 9.77. The van der Waals surface area contributed by atoms with Crippen molar-refractivity contribution in [2.45, 2.75) is 81.8 Å². The second-order valence-electron chi connectivity index (χ2n) is 10.4. The first kappa shape index (κ1) is 27.8. The highest BCUT2D eigenvalue weighted by atomic mass is 19.4. The monoisotopic (exact) mass is 524 g/mol. The van der Waals surface area contributed by atoms with E-state index in [4.69, 9.17) is 6.42 Å². The number of benzene rings is 2. The molecule has 1 aliphatic heterocycles. The lowest BCUT2D eigenvalue weighted by Gasteiger charge is -2.31. The summed E-state index contributed by atoms with van der Waals surface area (Å²) in [5.41, 5.74) is 1.38. The minimum absolute atomic E-state index is 0.0174. The van der Waals surface area contributed by atoms with Crippen LogP contribution in [-0.4, -0.2) is 30.8 Å². The van der Waals surface area contributed by atoms with Crippen molar-refractivity contribution >= 4 is 17.4 Å². The Hall–Kier alpha value is -3.27. The molecule has 7 heteroatoms. The molecule has 0 spiro atoms. The number of hydrogen-bond acceptors (Lipinski definition) is 3. The number of carbonyl (C=O) groups is 2. The predicted octanol–water partition coefficient (Wildman–Crippen LogP) is 6.60. The number of rotatable bonds is 9. The fourth-order valence-corrected chi connectivity index (χ4v) is 5.80. The summed E-state index contributed by atoms with van der Waals surface area (Å²) in [6, 6.07) is 12.9. The van der Waals surface area contributed by atoms with Crippen molar-refractivity contribution in [3.05, 3.63) is 65.2 Å². The zero-order valence-corrected chi connectivity index (χ0v) is 21.6. The number of nitrogens with zero attached hydrogens (tertiary/aromatic N) is 1. The van der Waals surface area contributed by atoms with Gasteiger partial charge in [-0.15, -0.1) is 6.42 Å². The van der Waals surface area contributed by atoms with E-state index in [9.17, 15) is 22.8 Å². The van der Waals surface area contributed by atoms with Crippen molar-refractivity contribution in [2.75, 3.05) is 18.0 Å². The maximum atomic E-state index is 13.9. The second kappa shape index (κ2) is 12.5. The van der Waals surface area contributed by atoms with Crippen molar-refractivity contribution in [3.63, 3.8) is 0 Å². The van der Waals surface area contributed by atoms with Gasteiger partial charge in [-0.1, -0.05) is 49.6 Å². The van der Waals surface area contributed by atoms with Crippen molar-refractivity contribution in [3.8, 4) is 12.3 Å². The molecule has 1 N–H and O–H groups in total. The van der Waals surface area contributed by atoms with Crippen LogP contribution in [0.5, 0.6) is 0 Å². The van der Waals surface area contributed by atoms with Crippen LogP contribution in [0, 0.1) is 12.3 Å². The van der Waals surface area contributed by atoms with Crippen LogP contribution in [0.3, 0.4) is 0 Å². The Morgan fingerprint density at radius 1 is 0.974 bits per heavy atom. The average Bonchev–Trinajstić information content (AvgIpc) is 3.46. The standard InChI is InChI=1S/C31H35F3N2O2/c1-2-27(37)17-18-28(23-9-8-10-24(21-23)31(32,33)34)29(30(38)35-25-11-4-3-5-12-25)22-13-15-26(16-14-22)36-19-6-7-20-36/h1,8-10,13-16,21,25,28-29H,3-7,11-12,17-20H2,(H,35,38). The Labute approximate surface area is 223 Å². The number of anilines is 1. The third kappa shape index (κ3) is 6.98. The largest absolute Gasteiger partial charge is 0.416 e. The molecule has 2 atom stereocenters. The van der Waals surface area contributed by atoms with Gasteiger partial charge in [0.25, 0.3) is 0 Å². The molecule has 2 aromatic rings. The molecule has 4 rings (SSSR count). The fraction of sp³-hybridized carbons (Fsp3) is 0.484. The van der Waals surface area contributed by atoms with Crippen LogP contribution in [-0.2, 0) is 15.8 Å². The number of Topliss-reactive ketones (excluding diaryl/α,β-unsaturated/α-hetero) is 1. The van der Waals surface area contributed by atoms with Crippen LogP contribution in [0.15, 0.2) is 48.5 Å². The molecule has 2 fully saturated rings. The summed E-state index contributed by atoms with van der Waals surface area (Å²) < 4.78 is 40.9. The number of carbonyl (C=O) groups excluding carboxylic acids is 2. The summed E-state index contributed by atoms with van der Waals surface area (Å²) in [4.78, 5) is 28.3. The van der Waals surface area contributed by atoms with Crippen molar-refractivity contribution in [1.82, 2.24) is 5.32 Å². The number of nitrogens with one attached hydrogen (secondary N) is 1. The number of amides is 1. The summed E-state index contributed by atoms with van der Waals surface area (Å²) in [6.45, 7) is 1.96. The quantitative estimate of drug-likeness (QED) is 0.297. The topological polar surface area (TPSA) is 49.4 Å². The van der Waals surface area contributed by atoms with Gasteiger partial charge in [-0.25, -0.2) is 0 Å². The van der Waals surface area contributed by atoms with Crippen LogP contribution in [0.1, 0.15) is 86.3 Å². The molecule has 2 unspecified atom stereocenters. The van der Waals surface area contributed by atoms with E-state index in [-0.39, 0.29) is 24.8 Å². The summed E-state index contributed by atoms with van der Waals surface area (Å²) in [5, 5.41) is 3.19. The first-order chi connectivity index (χ1) is 18.3. The zero-order chi connectivity index (χ0) is 27.1. The van der Waals surface area contributed by atoms with E-state index in [2.05, 4.69) is 16.1 Å².